The van der Waals surface area contributed by atoms with Crippen molar-refractivity contribution in [1.29, 1.82) is 0 Å². The average Bonchev–Trinajstić information content (AvgIpc) is 2.74. The minimum absolute atomic E-state index is 0.382. The third kappa shape index (κ3) is 5.70. The molecular weight excluding hydrogens is 372 g/mol. The highest BCUT2D eigenvalue weighted by atomic mass is 32.2. The van der Waals surface area contributed by atoms with Crippen LogP contribution >= 0.6 is 0 Å². The Morgan fingerprint density at radius 1 is 1.11 bits per heavy atom. The summed E-state index contributed by atoms with van der Waals surface area (Å²) in [5.41, 5.74) is 0.916. The maximum absolute atomic E-state index is 12.9. The Balaban J connectivity index is 1.68. The number of aliphatic imine (C=N–C) groups is 1. The minimum atomic E-state index is -3.40. The van der Waals surface area contributed by atoms with E-state index < -0.39 is 10.0 Å². The smallest absolute Gasteiger partial charge is 0.243 e. The van der Waals surface area contributed by atoms with Crippen molar-refractivity contribution < 1.29 is 8.42 Å². The van der Waals surface area contributed by atoms with Gasteiger partial charge >= 0.3 is 0 Å². The van der Waals surface area contributed by atoms with Crippen LogP contribution in [-0.2, 0) is 16.6 Å². The molecule has 0 unspecified atom stereocenters. The van der Waals surface area contributed by atoms with Crippen molar-refractivity contribution in [3.63, 3.8) is 0 Å². The van der Waals surface area contributed by atoms with Gasteiger partial charge in [0.1, 0.15) is 0 Å². The van der Waals surface area contributed by atoms with Gasteiger partial charge in [-0.3, -0.25) is 0 Å². The number of benzene rings is 1. The first-order valence-corrected chi connectivity index (χ1v) is 12.2. The molecule has 156 valence electrons. The molecule has 2 N–H and O–H groups in total. The van der Waals surface area contributed by atoms with Crippen molar-refractivity contribution in [2.75, 3.05) is 19.6 Å². The molecule has 0 atom stereocenters. The van der Waals surface area contributed by atoms with Crippen LogP contribution in [0.3, 0.4) is 0 Å². The largest absolute Gasteiger partial charge is 0.357 e. The molecule has 1 saturated carbocycles. The average molecular weight is 407 g/mol. The molecule has 1 aliphatic carbocycles. The van der Waals surface area contributed by atoms with Gasteiger partial charge in [-0.05, 0) is 50.3 Å². The third-order valence-corrected chi connectivity index (χ3v) is 7.46. The van der Waals surface area contributed by atoms with Gasteiger partial charge < -0.3 is 10.6 Å². The number of rotatable bonds is 6. The molecule has 0 amide bonds. The Hall–Kier alpha value is -1.60. The maximum Gasteiger partial charge on any atom is 0.243 e. The van der Waals surface area contributed by atoms with E-state index in [0.717, 1.165) is 37.3 Å². The molecule has 2 fully saturated rings. The molecule has 0 radical (unpaired) electrons. The Morgan fingerprint density at radius 3 is 2.54 bits per heavy atom. The zero-order valence-corrected chi connectivity index (χ0v) is 17.8. The monoisotopic (exact) mass is 406 g/mol. The predicted molar refractivity (Wildman–Crippen MR) is 114 cm³/mol. The third-order valence-electron chi connectivity index (χ3n) is 5.56. The second-order valence-corrected chi connectivity index (χ2v) is 9.72. The van der Waals surface area contributed by atoms with Crippen LogP contribution in [-0.4, -0.2) is 44.4 Å². The predicted octanol–water partition coefficient (Wildman–Crippen LogP) is 3.25. The lowest BCUT2D eigenvalue weighted by molar-refractivity contribution is 0.346. The van der Waals surface area contributed by atoms with E-state index in [1.54, 1.807) is 16.4 Å². The second kappa shape index (κ2) is 10.3. The maximum atomic E-state index is 12.9. The molecule has 2 aliphatic rings. The summed E-state index contributed by atoms with van der Waals surface area (Å²) in [6, 6.07) is 7.73. The lowest BCUT2D eigenvalue weighted by Crippen LogP contribution is -2.44. The highest BCUT2D eigenvalue weighted by molar-refractivity contribution is 7.89. The van der Waals surface area contributed by atoms with E-state index in [1.807, 2.05) is 12.1 Å². The first-order valence-electron chi connectivity index (χ1n) is 10.7. The summed E-state index contributed by atoms with van der Waals surface area (Å²) >= 11 is 0. The summed E-state index contributed by atoms with van der Waals surface area (Å²) in [5, 5.41) is 6.85. The van der Waals surface area contributed by atoms with E-state index >= 15 is 0 Å². The lowest BCUT2D eigenvalue weighted by atomic mass is 9.96. The Bertz CT molecular complexity index is 751. The molecule has 1 heterocycles. The summed E-state index contributed by atoms with van der Waals surface area (Å²) in [4.78, 5) is 5.08. The van der Waals surface area contributed by atoms with E-state index in [1.165, 1.54) is 32.1 Å². The van der Waals surface area contributed by atoms with Gasteiger partial charge in [0.05, 0.1) is 11.4 Å². The Labute approximate surface area is 169 Å². The van der Waals surface area contributed by atoms with Crippen LogP contribution in [0.5, 0.6) is 0 Å². The fourth-order valence-corrected chi connectivity index (χ4v) is 5.58. The summed E-state index contributed by atoms with van der Waals surface area (Å²) in [7, 11) is -3.40. The van der Waals surface area contributed by atoms with Gasteiger partial charge in [-0.15, -0.1) is 0 Å². The van der Waals surface area contributed by atoms with Gasteiger partial charge in [0, 0.05) is 25.7 Å². The van der Waals surface area contributed by atoms with Gasteiger partial charge in [-0.25, -0.2) is 13.4 Å². The number of nitrogens with one attached hydrogen (secondary N) is 2. The molecule has 3 rings (SSSR count). The summed E-state index contributed by atoms with van der Waals surface area (Å²) in [6.45, 7) is 4.58. The Morgan fingerprint density at radius 2 is 1.82 bits per heavy atom. The van der Waals surface area contributed by atoms with Crippen LogP contribution < -0.4 is 10.6 Å². The molecule has 0 spiro atoms. The fraction of sp³-hybridized carbons (Fsp3) is 0.667. The number of nitrogens with zero attached hydrogens (tertiary/aromatic N) is 2. The minimum Gasteiger partial charge on any atom is -0.357 e. The summed E-state index contributed by atoms with van der Waals surface area (Å²) < 4.78 is 27.4. The SMILES string of the molecule is CCNC(=NCc1cccc(S(=O)(=O)N2CCCCC2)c1)NC1CCCCC1. The zero-order chi connectivity index (χ0) is 19.8. The van der Waals surface area contributed by atoms with Crippen LogP contribution in [0.4, 0.5) is 0 Å². The van der Waals surface area contributed by atoms with Gasteiger partial charge in [0.2, 0.25) is 10.0 Å². The molecule has 1 saturated heterocycles. The van der Waals surface area contributed by atoms with E-state index in [4.69, 9.17) is 4.99 Å². The van der Waals surface area contributed by atoms with Crippen molar-refractivity contribution in [3.05, 3.63) is 29.8 Å². The molecular formula is C21H34N4O2S. The van der Waals surface area contributed by atoms with E-state index in [-0.39, 0.29) is 0 Å². The molecule has 6 nitrogen and oxygen atoms in total. The normalized spacial score (nSPS) is 20.1. The molecule has 28 heavy (non-hydrogen) atoms. The van der Waals surface area contributed by atoms with E-state index in [0.29, 0.717) is 30.6 Å². The van der Waals surface area contributed by atoms with E-state index in [9.17, 15) is 8.42 Å². The van der Waals surface area contributed by atoms with Crippen molar-refractivity contribution in [1.82, 2.24) is 14.9 Å². The number of piperidine rings is 1. The molecule has 7 heteroatoms. The topological polar surface area (TPSA) is 73.8 Å². The molecule has 1 aromatic rings. The van der Waals surface area contributed by atoms with Crippen LogP contribution in [0.15, 0.2) is 34.2 Å². The quantitative estimate of drug-likeness (QED) is 0.562. The number of hydrogen-bond donors (Lipinski definition) is 2. The highest BCUT2D eigenvalue weighted by Crippen LogP contribution is 2.21. The van der Waals surface area contributed by atoms with Crippen LogP contribution in [0, 0.1) is 0 Å². The lowest BCUT2D eigenvalue weighted by Gasteiger charge is -2.26. The zero-order valence-electron chi connectivity index (χ0n) is 17.0. The van der Waals surface area contributed by atoms with Crippen molar-refractivity contribution >= 4 is 16.0 Å². The second-order valence-electron chi connectivity index (χ2n) is 7.79. The fourth-order valence-electron chi connectivity index (χ4n) is 3.99. The summed E-state index contributed by atoms with van der Waals surface area (Å²) in [5.74, 6) is 0.818. The Kier molecular flexibility index (Phi) is 7.73. The van der Waals surface area contributed by atoms with E-state index in [2.05, 4.69) is 17.6 Å². The van der Waals surface area contributed by atoms with Crippen molar-refractivity contribution in [3.8, 4) is 0 Å². The molecule has 1 aromatic carbocycles. The first kappa shape index (κ1) is 21.1. The first-order chi connectivity index (χ1) is 13.6. The standard InChI is InChI=1S/C21H34N4O2S/c1-2-22-21(24-19-11-5-3-6-12-19)23-17-18-10-9-13-20(16-18)28(26,27)25-14-7-4-8-15-25/h9-10,13,16,19H,2-8,11-12,14-15,17H2,1H3,(H2,22,23,24). The number of sulfonamides is 1. The van der Waals surface area contributed by atoms with Crippen LogP contribution in [0.25, 0.3) is 0 Å². The van der Waals surface area contributed by atoms with Gasteiger partial charge in [-0.2, -0.15) is 4.31 Å². The molecule has 1 aliphatic heterocycles. The molecule has 0 bridgehead atoms. The van der Waals surface area contributed by atoms with Gasteiger partial charge in [0.25, 0.3) is 0 Å². The van der Waals surface area contributed by atoms with Crippen molar-refractivity contribution in [2.24, 2.45) is 4.99 Å². The summed E-state index contributed by atoms with van der Waals surface area (Å²) in [6.07, 6.45) is 9.25. The van der Waals surface area contributed by atoms with Gasteiger partial charge in [0.15, 0.2) is 5.96 Å². The number of guanidine groups is 1. The number of hydrogen-bond acceptors (Lipinski definition) is 3. The molecule has 0 aromatic heterocycles. The van der Waals surface area contributed by atoms with Crippen molar-refractivity contribution in [2.45, 2.75) is 75.8 Å². The van der Waals surface area contributed by atoms with Crippen LogP contribution in [0.2, 0.25) is 0 Å². The van der Waals surface area contributed by atoms with Gasteiger partial charge in [-0.1, -0.05) is 37.8 Å². The van der Waals surface area contributed by atoms with Crippen LogP contribution in [0.1, 0.15) is 63.9 Å². The highest BCUT2D eigenvalue weighted by Gasteiger charge is 2.25.